The van der Waals surface area contributed by atoms with Gasteiger partial charge in [-0.2, -0.15) is 4.31 Å². The monoisotopic (exact) mass is 468 g/mol. The molecular formula is C26H32N2O4S. The van der Waals surface area contributed by atoms with E-state index in [1.165, 1.54) is 16.4 Å². The van der Waals surface area contributed by atoms with Crippen molar-refractivity contribution in [3.05, 3.63) is 66.2 Å². The molecule has 3 rings (SSSR count). The first-order chi connectivity index (χ1) is 15.6. The molecule has 3 aromatic carbocycles. The molecule has 176 valence electrons. The van der Waals surface area contributed by atoms with Crippen molar-refractivity contribution in [3.8, 4) is 5.75 Å². The molecule has 1 amide bonds. The molecular weight excluding hydrogens is 436 g/mol. The summed E-state index contributed by atoms with van der Waals surface area (Å²) in [4.78, 5) is 13.1. The average molecular weight is 469 g/mol. The molecule has 0 atom stereocenters. The Bertz CT molecular complexity index is 1210. The van der Waals surface area contributed by atoms with Gasteiger partial charge in [-0.05, 0) is 48.2 Å². The van der Waals surface area contributed by atoms with Gasteiger partial charge in [0.05, 0.1) is 12.0 Å². The van der Waals surface area contributed by atoms with Crippen LogP contribution in [0.5, 0.6) is 5.75 Å². The quantitative estimate of drug-likeness (QED) is 0.456. The molecule has 0 saturated heterocycles. The van der Waals surface area contributed by atoms with E-state index in [1.54, 1.807) is 25.3 Å². The van der Waals surface area contributed by atoms with E-state index in [2.05, 4.69) is 5.32 Å². The van der Waals surface area contributed by atoms with Crippen LogP contribution in [0.3, 0.4) is 0 Å². The van der Waals surface area contributed by atoms with E-state index in [4.69, 9.17) is 4.74 Å². The molecule has 6 nitrogen and oxygen atoms in total. The Hall–Kier alpha value is -2.90. The molecule has 0 aliphatic carbocycles. The van der Waals surface area contributed by atoms with Gasteiger partial charge in [0.25, 0.3) is 5.91 Å². The number of fused-ring (bicyclic) bond motifs is 1. The van der Waals surface area contributed by atoms with Gasteiger partial charge in [0.2, 0.25) is 10.0 Å². The van der Waals surface area contributed by atoms with Gasteiger partial charge in [-0.3, -0.25) is 4.79 Å². The van der Waals surface area contributed by atoms with Crippen molar-refractivity contribution >= 4 is 32.4 Å². The first-order valence-electron chi connectivity index (χ1n) is 11.1. The van der Waals surface area contributed by atoms with E-state index in [1.807, 2.05) is 58.0 Å². The summed E-state index contributed by atoms with van der Waals surface area (Å²) in [5, 5.41) is 4.69. The Labute approximate surface area is 196 Å². The molecule has 0 saturated carbocycles. The van der Waals surface area contributed by atoms with E-state index in [-0.39, 0.29) is 22.6 Å². The van der Waals surface area contributed by atoms with E-state index >= 15 is 0 Å². The van der Waals surface area contributed by atoms with Crippen molar-refractivity contribution in [1.29, 1.82) is 0 Å². The number of nitrogens with zero attached hydrogens (tertiary/aromatic N) is 1. The molecule has 0 bridgehead atoms. The van der Waals surface area contributed by atoms with Crippen LogP contribution in [-0.4, -0.2) is 38.8 Å². The van der Waals surface area contributed by atoms with Crippen molar-refractivity contribution in [3.63, 3.8) is 0 Å². The number of amides is 1. The van der Waals surface area contributed by atoms with Crippen LogP contribution < -0.4 is 10.1 Å². The van der Waals surface area contributed by atoms with Crippen molar-refractivity contribution in [2.75, 3.05) is 25.5 Å². The molecule has 0 heterocycles. The van der Waals surface area contributed by atoms with Crippen molar-refractivity contribution in [2.45, 2.75) is 32.6 Å². The Balaban J connectivity index is 1.84. The minimum absolute atomic E-state index is 0.190. The Morgan fingerprint density at radius 3 is 2.00 bits per heavy atom. The number of carbonyl (C=O) groups excluding carboxylic acids is 1. The fourth-order valence-corrected chi connectivity index (χ4v) is 5.53. The van der Waals surface area contributed by atoms with Gasteiger partial charge in [0, 0.05) is 35.1 Å². The van der Waals surface area contributed by atoms with Gasteiger partial charge >= 0.3 is 0 Å². The molecule has 0 fully saturated rings. The van der Waals surface area contributed by atoms with Crippen LogP contribution in [0.4, 0.5) is 5.69 Å². The minimum Gasteiger partial charge on any atom is -0.496 e. The predicted octanol–water partition coefficient (Wildman–Crippen LogP) is 5.40. The highest BCUT2D eigenvalue weighted by Crippen LogP contribution is 2.31. The summed E-state index contributed by atoms with van der Waals surface area (Å²) in [6.45, 7) is 8.90. The minimum atomic E-state index is -3.64. The number of anilines is 1. The first-order valence-corrected chi connectivity index (χ1v) is 12.5. The Morgan fingerprint density at radius 2 is 1.45 bits per heavy atom. The molecule has 33 heavy (non-hydrogen) atoms. The van der Waals surface area contributed by atoms with Crippen LogP contribution >= 0.6 is 0 Å². The number of nitrogens with one attached hydrogen (secondary N) is 1. The number of ether oxygens (including phenoxy) is 1. The summed E-state index contributed by atoms with van der Waals surface area (Å²) < 4.78 is 33.3. The van der Waals surface area contributed by atoms with Gasteiger partial charge in [0.15, 0.2) is 0 Å². The highest BCUT2D eigenvalue weighted by Gasteiger charge is 2.26. The zero-order chi connectivity index (χ0) is 24.2. The highest BCUT2D eigenvalue weighted by molar-refractivity contribution is 7.89. The van der Waals surface area contributed by atoms with Crippen LogP contribution in [-0.2, 0) is 10.0 Å². The van der Waals surface area contributed by atoms with Gasteiger partial charge in [-0.15, -0.1) is 0 Å². The lowest BCUT2D eigenvalue weighted by Crippen LogP contribution is -2.37. The lowest BCUT2D eigenvalue weighted by molar-refractivity contribution is 0.102. The van der Waals surface area contributed by atoms with Crippen LogP contribution in [0.25, 0.3) is 10.8 Å². The third-order valence-corrected chi connectivity index (χ3v) is 7.09. The lowest BCUT2D eigenvalue weighted by Gasteiger charge is -2.25. The Kier molecular flexibility index (Phi) is 7.76. The zero-order valence-electron chi connectivity index (χ0n) is 19.8. The second-order valence-corrected chi connectivity index (χ2v) is 10.9. The smallest absolute Gasteiger partial charge is 0.255 e. The summed E-state index contributed by atoms with van der Waals surface area (Å²) in [6, 6.07) is 17.4. The number of hydrogen-bond donors (Lipinski definition) is 1. The number of benzene rings is 3. The van der Waals surface area contributed by atoms with E-state index in [9.17, 15) is 13.2 Å². The molecule has 0 aliphatic rings. The largest absolute Gasteiger partial charge is 0.496 e. The van der Waals surface area contributed by atoms with Gasteiger partial charge < -0.3 is 10.1 Å². The number of carbonyl (C=O) groups is 1. The average Bonchev–Trinajstić information content (AvgIpc) is 2.78. The van der Waals surface area contributed by atoms with Crippen LogP contribution in [0.1, 0.15) is 38.1 Å². The molecule has 0 aromatic heterocycles. The van der Waals surface area contributed by atoms with Crippen molar-refractivity contribution < 1.29 is 17.9 Å². The normalized spacial score (nSPS) is 12.0. The maximum Gasteiger partial charge on any atom is 0.255 e. The SMILES string of the molecule is COc1ccc(NC(=O)c2ccc(S(=O)(=O)N(CC(C)C)CC(C)C)cc2)c2ccccc12. The molecule has 0 radical (unpaired) electrons. The second-order valence-electron chi connectivity index (χ2n) is 8.95. The summed E-state index contributed by atoms with van der Waals surface area (Å²) in [7, 11) is -2.03. The molecule has 7 heteroatoms. The zero-order valence-corrected chi connectivity index (χ0v) is 20.6. The van der Waals surface area contributed by atoms with Crippen molar-refractivity contribution in [1.82, 2.24) is 4.31 Å². The topological polar surface area (TPSA) is 75.7 Å². The van der Waals surface area contributed by atoms with Gasteiger partial charge in [-0.1, -0.05) is 52.0 Å². The summed E-state index contributed by atoms with van der Waals surface area (Å²) in [5.74, 6) is 0.840. The maximum absolute atomic E-state index is 13.2. The Morgan fingerprint density at radius 1 is 0.879 bits per heavy atom. The van der Waals surface area contributed by atoms with Gasteiger partial charge in [-0.25, -0.2) is 8.42 Å². The fraction of sp³-hybridized carbons (Fsp3) is 0.346. The van der Waals surface area contributed by atoms with E-state index in [0.29, 0.717) is 24.3 Å². The number of hydrogen-bond acceptors (Lipinski definition) is 4. The fourth-order valence-electron chi connectivity index (χ4n) is 3.77. The predicted molar refractivity (Wildman–Crippen MR) is 133 cm³/mol. The summed E-state index contributed by atoms with van der Waals surface area (Å²) in [6.07, 6.45) is 0. The summed E-state index contributed by atoms with van der Waals surface area (Å²) >= 11 is 0. The molecule has 1 N–H and O–H groups in total. The molecule has 0 aliphatic heterocycles. The van der Waals surface area contributed by atoms with Crippen LogP contribution in [0.15, 0.2) is 65.6 Å². The van der Waals surface area contributed by atoms with E-state index < -0.39 is 10.0 Å². The molecule has 0 unspecified atom stereocenters. The van der Waals surface area contributed by atoms with Crippen LogP contribution in [0, 0.1) is 11.8 Å². The number of methoxy groups -OCH3 is 1. The van der Waals surface area contributed by atoms with Crippen molar-refractivity contribution in [2.24, 2.45) is 11.8 Å². The number of sulfonamides is 1. The van der Waals surface area contributed by atoms with Crippen LogP contribution in [0.2, 0.25) is 0 Å². The van der Waals surface area contributed by atoms with Gasteiger partial charge in [0.1, 0.15) is 5.75 Å². The number of rotatable bonds is 9. The first kappa shape index (κ1) is 24.7. The standard InChI is InChI=1S/C26H32N2O4S/c1-18(2)16-28(17-19(3)4)33(30,31)21-12-10-20(11-13-21)26(29)27-24-14-15-25(32-5)23-9-7-6-8-22(23)24/h6-15,18-19H,16-17H2,1-5H3,(H,27,29). The molecule has 3 aromatic rings. The summed E-state index contributed by atoms with van der Waals surface area (Å²) in [5.41, 5.74) is 1.04. The molecule has 0 spiro atoms. The maximum atomic E-state index is 13.2. The lowest BCUT2D eigenvalue weighted by atomic mass is 10.1. The third-order valence-electron chi connectivity index (χ3n) is 5.24. The van der Waals surface area contributed by atoms with E-state index in [0.717, 1.165) is 16.5 Å². The highest BCUT2D eigenvalue weighted by atomic mass is 32.2. The second kappa shape index (κ2) is 10.4. The third kappa shape index (κ3) is 5.72.